The third-order valence-electron chi connectivity index (χ3n) is 5.07. The molecular weight excluding hydrogens is 304 g/mol. The number of nitrogens with zero attached hydrogens (tertiary/aromatic N) is 1. The predicted octanol–water partition coefficient (Wildman–Crippen LogP) is 1.94. The van der Waals surface area contributed by atoms with E-state index in [0.29, 0.717) is 32.0 Å². The number of nitrogens with two attached hydrogens (primary N) is 1. The molecule has 2 atom stereocenters. The van der Waals surface area contributed by atoms with Crippen LogP contribution in [0, 0.1) is 17.8 Å². The van der Waals surface area contributed by atoms with Crippen LogP contribution in [0.2, 0.25) is 0 Å². The summed E-state index contributed by atoms with van der Waals surface area (Å²) in [6, 6.07) is -0.0113. The van der Waals surface area contributed by atoms with Crippen molar-refractivity contribution in [3.63, 3.8) is 0 Å². The number of carbonyl (C=O) groups excluding carboxylic acids is 2. The number of rotatable bonds is 7. The van der Waals surface area contributed by atoms with E-state index in [0.717, 1.165) is 19.4 Å². The quantitative estimate of drug-likeness (QED) is 0.662. The third kappa shape index (κ3) is 6.30. The van der Waals surface area contributed by atoms with Crippen molar-refractivity contribution in [2.24, 2.45) is 23.5 Å². The average molecular weight is 341 g/mol. The molecule has 1 saturated heterocycles. The first-order chi connectivity index (χ1) is 11.2. The summed E-state index contributed by atoms with van der Waals surface area (Å²) in [5.41, 5.74) is 5.46. The maximum absolute atomic E-state index is 12.4. The van der Waals surface area contributed by atoms with Crippen LogP contribution in [-0.2, 0) is 4.79 Å². The van der Waals surface area contributed by atoms with Crippen LogP contribution in [0.5, 0.6) is 0 Å². The highest BCUT2D eigenvalue weighted by atomic mass is 16.2. The highest BCUT2D eigenvalue weighted by Crippen LogP contribution is 2.21. The second kappa shape index (κ2) is 9.25. The van der Waals surface area contributed by atoms with Crippen molar-refractivity contribution in [3.8, 4) is 0 Å². The van der Waals surface area contributed by atoms with Gasteiger partial charge in [0.2, 0.25) is 5.91 Å². The van der Waals surface area contributed by atoms with Gasteiger partial charge in [0.1, 0.15) is 0 Å². The van der Waals surface area contributed by atoms with Crippen molar-refractivity contribution in [2.75, 3.05) is 26.2 Å². The Kier molecular flexibility index (Phi) is 8.00. The second-order valence-corrected chi connectivity index (χ2v) is 8.06. The van der Waals surface area contributed by atoms with Crippen molar-refractivity contribution in [1.82, 2.24) is 15.5 Å². The zero-order valence-electron chi connectivity index (χ0n) is 16.0. The lowest BCUT2D eigenvalue weighted by Crippen LogP contribution is -2.55. The van der Waals surface area contributed by atoms with E-state index in [4.69, 9.17) is 5.73 Å². The fraction of sp³-hybridized carbons (Fsp3) is 0.889. The molecule has 0 bridgehead atoms. The summed E-state index contributed by atoms with van der Waals surface area (Å²) in [6.45, 7) is 12.8. The molecule has 24 heavy (non-hydrogen) atoms. The Morgan fingerprint density at radius 2 is 1.96 bits per heavy atom. The van der Waals surface area contributed by atoms with Crippen LogP contribution < -0.4 is 16.4 Å². The van der Waals surface area contributed by atoms with Crippen LogP contribution >= 0.6 is 0 Å². The summed E-state index contributed by atoms with van der Waals surface area (Å²) < 4.78 is 0. The lowest BCUT2D eigenvalue weighted by atomic mass is 9.87. The van der Waals surface area contributed by atoms with Gasteiger partial charge in [0.25, 0.3) is 0 Å². The van der Waals surface area contributed by atoms with Gasteiger partial charge in [-0.3, -0.25) is 4.79 Å². The predicted molar refractivity (Wildman–Crippen MR) is 97.6 cm³/mol. The van der Waals surface area contributed by atoms with Gasteiger partial charge in [-0.1, -0.05) is 27.7 Å². The standard InChI is InChI=1S/C18H36N4O2/c1-13(2)10-20-17(24)22-8-6-7-15(11-22)9-16(23)21-18(5,12-19)14(3)4/h13-15H,6-12,19H2,1-5H3,(H,20,24)(H,21,23). The molecule has 0 aromatic carbocycles. The van der Waals surface area contributed by atoms with Gasteiger partial charge in [0.15, 0.2) is 0 Å². The lowest BCUT2D eigenvalue weighted by molar-refractivity contribution is -0.124. The first-order valence-corrected chi connectivity index (χ1v) is 9.21. The van der Waals surface area contributed by atoms with Crippen LogP contribution in [0.1, 0.15) is 53.9 Å². The topological polar surface area (TPSA) is 87.5 Å². The average Bonchev–Trinajstić information content (AvgIpc) is 2.52. The van der Waals surface area contributed by atoms with Crippen LogP contribution in [0.4, 0.5) is 4.79 Å². The molecule has 1 aliphatic heterocycles. The Morgan fingerprint density at radius 1 is 1.29 bits per heavy atom. The number of amides is 3. The summed E-state index contributed by atoms with van der Waals surface area (Å²) in [5, 5.41) is 6.05. The SMILES string of the molecule is CC(C)CNC(=O)N1CCCC(CC(=O)NC(C)(CN)C(C)C)C1. The van der Waals surface area contributed by atoms with Crippen LogP contribution in [-0.4, -0.2) is 48.6 Å². The van der Waals surface area contributed by atoms with Crippen molar-refractivity contribution in [2.45, 2.75) is 59.4 Å². The Morgan fingerprint density at radius 3 is 2.50 bits per heavy atom. The molecule has 140 valence electrons. The highest BCUT2D eigenvalue weighted by Gasteiger charge is 2.31. The highest BCUT2D eigenvalue weighted by molar-refractivity contribution is 5.77. The maximum atomic E-state index is 12.4. The Balaban J connectivity index is 2.50. The molecule has 1 heterocycles. The number of nitrogens with one attached hydrogen (secondary N) is 2. The molecule has 4 N–H and O–H groups in total. The van der Waals surface area contributed by atoms with Gasteiger partial charge in [0.05, 0.1) is 5.54 Å². The minimum Gasteiger partial charge on any atom is -0.349 e. The minimum atomic E-state index is -0.375. The van der Waals surface area contributed by atoms with Gasteiger partial charge < -0.3 is 21.3 Å². The summed E-state index contributed by atoms with van der Waals surface area (Å²) in [4.78, 5) is 26.4. The zero-order chi connectivity index (χ0) is 18.3. The Bertz CT molecular complexity index is 425. The summed E-state index contributed by atoms with van der Waals surface area (Å²) in [6.07, 6.45) is 2.39. The first-order valence-electron chi connectivity index (χ1n) is 9.21. The Labute approximate surface area is 146 Å². The van der Waals surface area contributed by atoms with E-state index in [2.05, 4.69) is 38.3 Å². The van der Waals surface area contributed by atoms with Gasteiger partial charge >= 0.3 is 6.03 Å². The molecule has 2 unspecified atom stereocenters. The molecule has 6 heteroatoms. The monoisotopic (exact) mass is 340 g/mol. The fourth-order valence-electron chi connectivity index (χ4n) is 2.88. The number of hydrogen-bond donors (Lipinski definition) is 3. The maximum Gasteiger partial charge on any atom is 0.317 e. The molecule has 3 amide bonds. The zero-order valence-corrected chi connectivity index (χ0v) is 16.0. The molecular formula is C18H36N4O2. The van der Waals surface area contributed by atoms with E-state index in [1.807, 2.05) is 11.8 Å². The second-order valence-electron chi connectivity index (χ2n) is 8.06. The van der Waals surface area contributed by atoms with E-state index in [9.17, 15) is 9.59 Å². The van der Waals surface area contributed by atoms with E-state index >= 15 is 0 Å². The van der Waals surface area contributed by atoms with Crippen molar-refractivity contribution in [3.05, 3.63) is 0 Å². The normalized spacial score (nSPS) is 20.8. The van der Waals surface area contributed by atoms with Crippen LogP contribution in [0.15, 0.2) is 0 Å². The molecule has 0 aliphatic carbocycles. The Hall–Kier alpha value is -1.30. The summed E-state index contributed by atoms with van der Waals surface area (Å²) >= 11 is 0. The smallest absolute Gasteiger partial charge is 0.317 e. The molecule has 0 aromatic heterocycles. The third-order valence-corrected chi connectivity index (χ3v) is 5.07. The van der Waals surface area contributed by atoms with Crippen molar-refractivity contribution < 1.29 is 9.59 Å². The van der Waals surface area contributed by atoms with Crippen molar-refractivity contribution in [1.29, 1.82) is 0 Å². The molecule has 6 nitrogen and oxygen atoms in total. The van der Waals surface area contributed by atoms with Gasteiger partial charge in [-0.15, -0.1) is 0 Å². The largest absolute Gasteiger partial charge is 0.349 e. The molecule has 0 radical (unpaired) electrons. The van der Waals surface area contributed by atoms with E-state index in [1.165, 1.54) is 0 Å². The number of likely N-dealkylation sites (tertiary alicyclic amines) is 1. The molecule has 1 fully saturated rings. The number of carbonyl (C=O) groups is 2. The van der Waals surface area contributed by atoms with Crippen LogP contribution in [0.3, 0.4) is 0 Å². The van der Waals surface area contributed by atoms with E-state index < -0.39 is 0 Å². The van der Waals surface area contributed by atoms with E-state index in [1.54, 1.807) is 0 Å². The van der Waals surface area contributed by atoms with Crippen molar-refractivity contribution >= 4 is 11.9 Å². The minimum absolute atomic E-state index is 0.0113. The summed E-state index contributed by atoms with van der Waals surface area (Å²) in [5.74, 6) is 0.963. The van der Waals surface area contributed by atoms with Crippen LogP contribution in [0.25, 0.3) is 0 Å². The number of hydrogen-bond acceptors (Lipinski definition) is 3. The molecule has 1 rings (SSSR count). The number of urea groups is 1. The lowest BCUT2D eigenvalue weighted by Gasteiger charge is -2.36. The number of piperidine rings is 1. The van der Waals surface area contributed by atoms with Gasteiger partial charge in [-0.05, 0) is 37.5 Å². The van der Waals surface area contributed by atoms with Gasteiger partial charge in [-0.25, -0.2) is 4.79 Å². The fourth-order valence-corrected chi connectivity index (χ4v) is 2.88. The van der Waals surface area contributed by atoms with E-state index in [-0.39, 0.29) is 29.3 Å². The molecule has 0 aromatic rings. The summed E-state index contributed by atoms with van der Waals surface area (Å²) in [7, 11) is 0. The van der Waals surface area contributed by atoms with Gasteiger partial charge in [-0.2, -0.15) is 0 Å². The van der Waals surface area contributed by atoms with Gasteiger partial charge in [0, 0.05) is 32.6 Å². The first kappa shape index (κ1) is 20.7. The molecule has 0 saturated carbocycles. The molecule has 1 aliphatic rings. The molecule has 0 spiro atoms.